The van der Waals surface area contributed by atoms with E-state index in [4.69, 9.17) is 11.6 Å². The number of benzene rings is 2. The Morgan fingerprint density at radius 3 is 2.69 bits per heavy atom. The van der Waals surface area contributed by atoms with Gasteiger partial charge in [-0.1, -0.05) is 59.8 Å². The van der Waals surface area contributed by atoms with E-state index in [9.17, 15) is 4.79 Å². The molecule has 0 unspecified atom stereocenters. The van der Waals surface area contributed by atoms with Gasteiger partial charge in [-0.3, -0.25) is 9.36 Å². The number of imidazole rings is 1. The summed E-state index contributed by atoms with van der Waals surface area (Å²) < 4.78 is 2.02. The number of amides is 1. The molecule has 0 aliphatic rings. The summed E-state index contributed by atoms with van der Waals surface area (Å²) in [6.07, 6.45) is 3.68. The Labute approximate surface area is 162 Å². The van der Waals surface area contributed by atoms with Gasteiger partial charge in [0.2, 0.25) is 5.91 Å². The van der Waals surface area contributed by atoms with Gasteiger partial charge in [-0.15, -0.1) is 0 Å². The highest BCUT2D eigenvalue weighted by Crippen LogP contribution is 2.23. The zero-order valence-corrected chi connectivity index (χ0v) is 16.3. The molecule has 0 saturated carbocycles. The van der Waals surface area contributed by atoms with Crippen molar-refractivity contribution in [1.29, 1.82) is 0 Å². The van der Waals surface area contributed by atoms with E-state index in [0.717, 1.165) is 22.0 Å². The monoisotopic (exact) mass is 385 g/mol. The summed E-state index contributed by atoms with van der Waals surface area (Å²) in [5.41, 5.74) is 3.18. The summed E-state index contributed by atoms with van der Waals surface area (Å²) in [6, 6.07) is 15.7. The Morgan fingerprint density at radius 1 is 1.19 bits per heavy atom. The van der Waals surface area contributed by atoms with Crippen LogP contribution in [0.25, 0.3) is 5.69 Å². The molecule has 3 aromatic rings. The van der Waals surface area contributed by atoms with Crippen LogP contribution in [0.15, 0.2) is 66.1 Å². The third-order valence-electron chi connectivity index (χ3n) is 4.10. The van der Waals surface area contributed by atoms with Crippen molar-refractivity contribution < 1.29 is 4.79 Å². The fourth-order valence-corrected chi connectivity index (χ4v) is 3.72. The molecule has 0 atom stereocenters. The van der Waals surface area contributed by atoms with Crippen molar-refractivity contribution >= 4 is 29.3 Å². The lowest BCUT2D eigenvalue weighted by Crippen LogP contribution is -2.28. The van der Waals surface area contributed by atoms with Crippen molar-refractivity contribution in [2.24, 2.45) is 0 Å². The topological polar surface area (TPSA) is 38.1 Å². The first-order valence-electron chi connectivity index (χ1n) is 8.26. The van der Waals surface area contributed by atoms with E-state index in [1.165, 1.54) is 11.8 Å². The largest absolute Gasteiger partial charge is 0.341 e. The van der Waals surface area contributed by atoms with Gasteiger partial charge in [0, 0.05) is 31.0 Å². The highest BCUT2D eigenvalue weighted by Gasteiger charge is 2.14. The van der Waals surface area contributed by atoms with Crippen LogP contribution in [0.1, 0.15) is 11.1 Å². The second-order valence-electron chi connectivity index (χ2n) is 6.00. The maximum Gasteiger partial charge on any atom is 0.233 e. The van der Waals surface area contributed by atoms with Gasteiger partial charge in [-0.2, -0.15) is 0 Å². The number of rotatable bonds is 6. The lowest BCUT2D eigenvalue weighted by molar-refractivity contribution is -0.127. The van der Waals surface area contributed by atoms with Crippen LogP contribution in [0, 0.1) is 6.92 Å². The van der Waals surface area contributed by atoms with Crippen LogP contribution >= 0.6 is 23.4 Å². The van der Waals surface area contributed by atoms with Crippen molar-refractivity contribution in [2.45, 2.75) is 18.6 Å². The number of carbonyl (C=O) groups excluding carboxylic acids is 1. The van der Waals surface area contributed by atoms with Crippen LogP contribution in [-0.2, 0) is 11.3 Å². The molecule has 1 amide bonds. The van der Waals surface area contributed by atoms with Gasteiger partial charge >= 0.3 is 0 Å². The average molecular weight is 386 g/mol. The Balaban J connectivity index is 1.65. The minimum absolute atomic E-state index is 0.0363. The first-order valence-corrected chi connectivity index (χ1v) is 9.62. The highest BCUT2D eigenvalue weighted by molar-refractivity contribution is 7.99. The van der Waals surface area contributed by atoms with E-state index >= 15 is 0 Å². The molecule has 0 spiro atoms. The second kappa shape index (κ2) is 8.43. The molecule has 4 nitrogen and oxygen atoms in total. The van der Waals surface area contributed by atoms with E-state index < -0.39 is 0 Å². The zero-order chi connectivity index (χ0) is 18.5. The van der Waals surface area contributed by atoms with Crippen LogP contribution in [-0.4, -0.2) is 33.2 Å². The van der Waals surface area contributed by atoms with Crippen molar-refractivity contribution in [3.63, 3.8) is 0 Å². The number of nitrogens with zero attached hydrogens (tertiary/aromatic N) is 3. The maximum absolute atomic E-state index is 12.5. The Morgan fingerprint density at radius 2 is 1.92 bits per heavy atom. The van der Waals surface area contributed by atoms with Crippen LogP contribution in [0.5, 0.6) is 0 Å². The Bertz CT molecular complexity index is 909. The van der Waals surface area contributed by atoms with Gasteiger partial charge in [0.25, 0.3) is 0 Å². The highest BCUT2D eigenvalue weighted by atomic mass is 35.5. The normalized spacial score (nSPS) is 10.7. The van der Waals surface area contributed by atoms with Gasteiger partial charge in [-0.05, 0) is 30.2 Å². The van der Waals surface area contributed by atoms with E-state index in [0.29, 0.717) is 17.3 Å². The standard InChI is InChI=1S/C20H20ClN3OS/c1-15-7-3-6-10-18(15)24-12-11-22-20(24)26-14-19(25)23(2)13-16-8-4-5-9-17(16)21/h3-12H,13-14H2,1-2H3. The molecule has 0 fully saturated rings. The smallest absolute Gasteiger partial charge is 0.233 e. The van der Waals surface area contributed by atoms with Gasteiger partial charge in [0.1, 0.15) is 0 Å². The number of hydrogen-bond acceptors (Lipinski definition) is 3. The molecule has 0 saturated heterocycles. The van der Waals surface area contributed by atoms with E-state index in [-0.39, 0.29) is 5.91 Å². The van der Waals surface area contributed by atoms with E-state index in [2.05, 4.69) is 18.0 Å². The lowest BCUT2D eigenvalue weighted by Gasteiger charge is -2.18. The summed E-state index contributed by atoms with van der Waals surface area (Å²) in [4.78, 5) is 18.6. The predicted molar refractivity (Wildman–Crippen MR) is 107 cm³/mol. The Hall–Kier alpha value is -2.24. The molecule has 6 heteroatoms. The van der Waals surface area contributed by atoms with Crippen LogP contribution in [0.2, 0.25) is 5.02 Å². The summed E-state index contributed by atoms with van der Waals surface area (Å²) in [6.45, 7) is 2.55. The molecule has 0 aliphatic carbocycles. The molecule has 1 heterocycles. The molecular weight excluding hydrogens is 366 g/mol. The van der Waals surface area contributed by atoms with E-state index in [1.807, 2.05) is 53.2 Å². The number of hydrogen-bond donors (Lipinski definition) is 0. The SMILES string of the molecule is Cc1ccccc1-n1ccnc1SCC(=O)N(C)Cc1ccccc1Cl. The fourth-order valence-electron chi connectivity index (χ4n) is 2.62. The average Bonchev–Trinajstić information content (AvgIpc) is 3.10. The van der Waals surface area contributed by atoms with Gasteiger partial charge in [-0.25, -0.2) is 4.98 Å². The molecule has 0 radical (unpaired) electrons. The van der Waals surface area contributed by atoms with Crippen LogP contribution in [0.4, 0.5) is 0 Å². The van der Waals surface area contributed by atoms with Gasteiger partial charge < -0.3 is 4.90 Å². The molecule has 0 N–H and O–H groups in total. The van der Waals surface area contributed by atoms with Crippen LogP contribution in [0.3, 0.4) is 0 Å². The summed E-state index contributed by atoms with van der Waals surface area (Å²) in [5, 5.41) is 1.48. The number of aromatic nitrogens is 2. The summed E-state index contributed by atoms with van der Waals surface area (Å²) in [5.74, 6) is 0.360. The molecule has 134 valence electrons. The van der Waals surface area contributed by atoms with Crippen molar-refractivity contribution in [1.82, 2.24) is 14.5 Å². The molecule has 1 aromatic heterocycles. The number of halogens is 1. The number of aryl methyl sites for hydroxylation is 1. The number of thioether (sulfide) groups is 1. The fraction of sp³-hybridized carbons (Fsp3) is 0.200. The number of para-hydroxylation sites is 1. The van der Waals surface area contributed by atoms with E-state index in [1.54, 1.807) is 18.1 Å². The number of carbonyl (C=O) groups is 1. The Kier molecular flexibility index (Phi) is 6.01. The minimum Gasteiger partial charge on any atom is -0.341 e. The molecule has 0 bridgehead atoms. The van der Waals surface area contributed by atoms with Gasteiger partial charge in [0.05, 0.1) is 11.4 Å². The minimum atomic E-state index is 0.0363. The molecule has 0 aliphatic heterocycles. The third-order valence-corrected chi connectivity index (χ3v) is 5.42. The molecule has 26 heavy (non-hydrogen) atoms. The molecule has 2 aromatic carbocycles. The molecular formula is C20H20ClN3OS. The first kappa shape index (κ1) is 18.5. The predicted octanol–water partition coefficient (Wildman–Crippen LogP) is 4.58. The summed E-state index contributed by atoms with van der Waals surface area (Å²) >= 11 is 7.61. The third kappa shape index (κ3) is 4.29. The molecule has 3 rings (SSSR count). The van der Waals surface area contributed by atoms with Crippen molar-refractivity contribution in [3.8, 4) is 5.69 Å². The second-order valence-corrected chi connectivity index (χ2v) is 7.35. The van der Waals surface area contributed by atoms with Gasteiger partial charge in [0.15, 0.2) is 5.16 Å². The maximum atomic E-state index is 12.5. The lowest BCUT2D eigenvalue weighted by atomic mass is 10.2. The van der Waals surface area contributed by atoms with Crippen molar-refractivity contribution in [2.75, 3.05) is 12.8 Å². The van der Waals surface area contributed by atoms with Crippen molar-refractivity contribution in [3.05, 3.63) is 77.1 Å². The zero-order valence-electron chi connectivity index (χ0n) is 14.7. The van der Waals surface area contributed by atoms with Crippen LogP contribution < -0.4 is 0 Å². The summed E-state index contributed by atoms with van der Waals surface area (Å²) in [7, 11) is 1.79. The quantitative estimate of drug-likeness (QED) is 0.583. The first-order chi connectivity index (χ1) is 12.6.